The van der Waals surface area contributed by atoms with Crippen molar-refractivity contribution >= 4 is 17.3 Å². The molecule has 0 radical (unpaired) electrons. The Morgan fingerprint density at radius 3 is 2.88 bits per heavy atom. The van der Waals surface area contributed by atoms with Crippen molar-refractivity contribution in [1.29, 1.82) is 0 Å². The molecule has 0 saturated carbocycles. The van der Waals surface area contributed by atoms with E-state index < -0.39 is 0 Å². The highest BCUT2D eigenvalue weighted by molar-refractivity contribution is 6.06. The first kappa shape index (κ1) is 14.5. The van der Waals surface area contributed by atoms with Crippen LogP contribution >= 0.6 is 0 Å². The van der Waals surface area contributed by atoms with E-state index in [-0.39, 0.29) is 5.91 Å². The van der Waals surface area contributed by atoms with Crippen molar-refractivity contribution < 1.29 is 9.21 Å². The van der Waals surface area contributed by atoms with Gasteiger partial charge in [-0.25, -0.2) is 4.98 Å². The molecule has 0 unspecified atom stereocenters. The number of aromatic nitrogens is 1. The molecule has 120 valence electrons. The van der Waals surface area contributed by atoms with Crippen LogP contribution in [0.4, 0.5) is 11.4 Å². The van der Waals surface area contributed by atoms with Gasteiger partial charge in [-0.1, -0.05) is 18.2 Å². The number of nitrogens with zero attached hydrogens (tertiary/aromatic N) is 2. The molecule has 2 aromatic heterocycles. The molecule has 1 aliphatic heterocycles. The summed E-state index contributed by atoms with van der Waals surface area (Å²) in [5.41, 5.74) is 3.51. The van der Waals surface area contributed by atoms with Gasteiger partial charge in [-0.3, -0.25) is 4.79 Å². The largest absolute Gasteiger partial charge is 0.467 e. The Labute approximate surface area is 139 Å². The molecule has 24 heavy (non-hydrogen) atoms. The summed E-state index contributed by atoms with van der Waals surface area (Å²) < 4.78 is 5.27. The summed E-state index contributed by atoms with van der Waals surface area (Å²) in [7, 11) is 0. The van der Waals surface area contributed by atoms with Gasteiger partial charge in [0.2, 0.25) is 0 Å². The summed E-state index contributed by atoms with van der Waals surface area (Å²) >= 11 is 0. The Hall–Kier alpha value is -3.08. The van der Waals surface area contributed by atoms with E-state index in [9.17, 15) is 4.79 Å². The number of hydrogen-bond acceptors (Lipinski definition) is 4. The fourth-order valence-corrected chi connectivity index (χ4v) is 2.91. The highest BCUT2D eigenvalue weighted by atomic mass is 16.3. The van der Waals surface area contributed by atoms with E-state index in [4.69, 9.17) is 4.42 Å². The lowest BCUT2D eigenvalue weighted by Gasteiger charge is -2.16. The molecular formula is C19H17N3O2. The van der Waals surface area contributed by atoms with Gasteiger partial charge < -0.3 is 14.6 Å². The second-order valence-electron chi connectivity index (χ2n) is 5.70. The molecule has 5 nitrogen and oxygen atoms in total. The van der Waals surface area contributed by atoms with Crippen LogP contribution in [0.3, 0.4) is 0 Å². The lowest BCUT2D eigenvalue weighted by molar-refractivity contribution is 0.0984. The standard InChI is InChI=1S/C19H17N3O2/c23-19(22-10-9-14-4-1-2-6-18(14)22)17-8-7-15(12-21-17)20-13-16-5-3-11-24-16/h1-8,11-12,20H,9-10,13H2. The quantitative estimate of drug-likeness (QED) is 0.800. The molecule has 4 rings (SSSR count). The molecule has 0 atom stereocenters. The number of amides is 1. The molecule has 3 aromatic rings. The summed E-state index contributed by atoms with van der Waals surface area (Å²) in [6.45, 7) is 1.29. The maximum atomic E-state index is 12.7. The monoisotopic (exact) mass is 319 g/mol. The smallest absolute Gasteiger partial charge is 0.276 e. The maximum absolute atomic E-state index is 12.7. The Bertz CT molecular complexity index is 841. The minimum Gasteiger partial charge on any atom is -0.467 e. The second kappa shape index (κ2) is 6.20. The Kier molecular flexibility index (Phi) is 3.75. The lowest BCUT2D eigenvalue weighted by atomic mass is 10.2. The average molecular weight is 319 g/mol. The Balaban J connectivity index is 1.46. The van der Waals surface area contributed by atoms with Crippen LogP contribution in [-0.2, 0) is 13.0 Å². The van der Waals surface area contributed by atoms with Gasteiger partial charge in [0.05, 0.1) is 24.7 Å². The van der Waals surface area contributed by atoms with E-state index in [1.54, 1.807) is 23.4 Å². The van der Waals surface area contributed by atoms with Gasteiger partial charge >= 0.3 is 0 Å². The zero-order valence-corrected chi connectivity index (χ0v) is 13.1. The van der Waals surface area contributed by atoms with Crippen molar-refractivity contribution in [2.24, 2.45) is 0 Å². The SMILES string of the molecule is O=C(c1ccc(NCc2ccco2)cn1)N1CCc2ccccc21. The summed E-state index contributed by atoms with van der Waals surface area (Å²) in [6.07, 6.45) is 4.22. The molecule has 1 aromatic carbocycles. The van der Waals surface area contributed by atoms with Crippen LogP contribution in [-0.4, -0.2) is 17.4 Å². The van der Waals surface area contributed by atoms with E-state index in [0.717, 1.165) is 23.6 Å². The lowest BCUT2D eigenvalue weighted by Crippen LogP contribution is -2.29. The molecular weight excluding hydrogens is 302 g/mol. The maximum Gasteiger partial charge on any atom is 0.276 e. The minimum absolute atomic E-state index is 0.0578. The molecule has 0 aliphatic carbocycles. The van der Waals surface area contributed by atoms with Crippen LogP contribution in [0.1, 0.15) is 21.8 Å². The zero-order chi connectivity index (χ0) is 16.4. The van der Waals surface area contributed by atoms with Crippen LogP contribution < -0.4 is 10.2 Å². The molecule has 0 saturated heterocycles. The summed E-state index contributed by atoms with van der Waals surface area (Å²) in [4.78, 5) is 18.8. The number of furan rings is 1. The average Bonchev–Trinajstić information content (AvgIpc) is 3.29. The number of carbonyl (C=O) groups excluding carboxylic acids is 1. The first-order chi connectivity index (χ1) is 11.8. The van der Waals surface area contributed by atoms with Gasteiger partial charge in [-0.05, 0) is 42.3 Å². The van der Waals surface area contributed by atoms with Gasteiger partial charge in [0, 0.05) is 12.2 Å². The molecule has 5 heteroatoms. The van der Waals surface area contributed by atoms with Gasteiger partial charge in [-0.15, -0.1) is 0 Å². The number of fused-ring (bicyclic) bond motifs is 1. The fraction of sp³-hybridized carbons (Fsp3) is 0.158. The van der Waals surface area contributed by atoms with Crippen LogP contribution in [0.5, 0.6) is 0 Å². The number of rotatable bonds is 4. The number of para-hydroxylation sites is 1. The zero-order valence-electron chi connectivity index (χ0n) is 13.1. The van der Waals surface area contributed by atoms with E-state index in [1.807, 2.05) is 36.4 Å². The molecule has 1 amide bonds. The van der Waals surface area contributed by atoms with Crippen molar-refractivity contribution in [3.8, 4) is 0 Å². The molecule has 0 fully saturated rings. The third-order valence-electron chi connectivity index (χ3n) is 4.16. The Morgan fingerprint density at radius 1 is 1.17 bits per heavy atom. The summed E-state index contributed by atoms with van der Waals surface area (Å²) in [5, 5.41) is 3.22. The molecule has 0 spiro atoms. The molecule has 0 bridgehead atoms. The first-order valence-electron chi connectivity index (χ1n) is 7.93. The van der Waals surface area contributed by atoms with Gasteiger partial charge in [-0.2, -0.15) is 0 Å². The first-order valence-corrected chi connectivity index (χ1v) is 7.93. The second-order valence-corrected chi connectivity index (χ2v) is 5.70. The van der Waals surface area contributed by atoms with Crippen molar-refractivity contribution in [2.75, 3.05) is 16.8 Å². The highest BCUT2D eigenvalue weighted by Gasteiger charge is 2.25. The third-order valence-corrected chi connectivity index (χ3v) is 4.16. The molecule has 3 heterocycles. The van der Waals surface area contributed by atoms with Crippen molar-refractivity contribution in [3.05, 3.63) is 78.0 Å². The van der Waals surface area contributed by atoms with Crippen molar-refractivity contribution in [1.82, 2.24) is 4.98 Å². The number of pyridine rings is 1. The summed E-state index contributed by atoms with van der Waals surface area (Å²) in [5.74, 6) is 0.793. The van der Waals surface area contributed by atoms with Crippen LogP contribution in [0.15, 0.2) is 65.4 Å². The molecule has 1 N–H and O–H groups in total. The van der Waals surface area contributed by atoms with Crippen LogP contribution in [0.2, 0.25) is 0 Å². The van der Waals surface area contributed by atoms with Gasteiger partial charge in [0.1, 0.15) is 11.5 Å². The number of carbonyl (C=O) groups is 1. The van der Waals surface area contributed by atoms with Crippen LogP contribution in [0.25, 0.3) is 0 Å². The number of anilines is 2. The predicted molar refractivity (Wildman–Crippen MR) is 92.1 cm³/mol. The number of nitrogens with one attached hydrogen (secondary N) is 1. The number of benzene rings is 1. The van der Waals surface area contributed by atoms with Crippen molar-refractivity contribution in [2.45, 2.75) is 13.0 Å². The topological polar surface area (TPSA) is 58.4 Å². The fourth-order valence-electron chi connectivity index (χ4n) is 2.91. The van der Waals surface area contributed by atoms with E-state index in [0.29, 0.717) is 18.8 Å². The molecule has 1 aliphatic rings. The minimum atomic E-state index is -0.0578. The predicted octanol–water partition coefficient (Wildman–Crippen LogP) is 3.49. The van der Waals surface area contributed by atoms with E-state index >= 15 is 0 Å². The normalized spacial score (nSPS) is 12.9. The Morgan fingerprint density at radius 2 is 2.08 bits per heavy atom. The van der Waals surface area contributed by atoms with Gasteiger partial charge in [0.15, 0.2) is 0 Å². The van der Waals surface area contributed by atoms with Gasteiger partial charge in [0.25, 0.3) is 5.91 Å². The van der Waals surface area contributed by atoms with Crippen LogP contribution in [0, 0.1) is 0 Å². The van der Waals surface area contributed by atoms with Crippen molar-refractivity contribution in [3.63, 3.8) is 0 Å². The van der Waals surface area contributed by atoms with E-state index in [1.165, 1.54) is 5.56 Å². The number of hydrogen-bond donors (Lipinski definition) is 1. The highest BCUT2D eigenvalue weighted by Crippen LogP contribution is 2.28. The summed E-state index contributed by atoms with van der Waals surface area (Å²) in [6, 6.07) is 15.4. The third kappa shape index (κ3) is 2.76. The van der Waals surface area contributed by atoms with E-state index in [2.05, 4.69) is 16.4 Å².